The van der Waals surface area contributed by atoms with Crippen LogP contribution < -0.4 is 0 Å². The van der Waals surface area contributed by atoms with Crippen LogP contribution in [-0.2, 0) is 9.09 Å². The Labute approximate surface area is 85.1 Å². The Morgan fingerprint density at radius 1 is 1.29 bits per heavy atom. The average Bonchev–Trinajstić information content (AvgIpc) is 2.03. The van der Waals surface area contributed by atoms with Gasteiger partial charge in [-0.2, -0.15) is 0 Å². The first-order valence-electron chi connectivity index (χ1n) is 4.71. The third-order valence-corrected chi connectivity index (χ3v) is 3.41. The van der Waals surface area contributed by atoms with Gasteiger partial charge in [-0.15, -0.1) is 0 Å². The summed E-state index contributed by atoms with van der Waals surface area (Å²) in [6.45, 7) is 4.58. The molecule has 6 heteroatoms. The Bertz CT molecular complexity index is 182. The maximum Gasteiger partial charge on any atom is 0.213 e. The SMILES string of the molecule is CCOP(C)(=O)CN(CCO)CCO. The van der Waals surface area contributed by atoms with Gasteiger partial charge in [-0.25, -0.2) is 0 Å². The van der Waals surface area contributed by atoms with E-state index in [1.807, 2.05) is 0 Å². The molecule has 0 rings (SSSR count). The second kappa shape index (κ2) is 7.37. The Hall–Kier alpha value is 0.0700. The number of hydrogen-bond acceptors (Lipinski definition) is 5. The van der Waals surface area contributed by atoms with Crippen LogP contribution in [0.1, 0.15) is 6.92 Å². The van der Waals surface area contributed by atoms with Crippen LogP contribution in [0.3, 0.4) is 0 Å². The van der Waals surface area contributed by atoms with E-state index in [1.165, 1.54) is 0 Å². The molecular formula is C8H20NO4P. The zero-order chi connectivity index (χ0) is 11.0. The van der Waals surface area contributed by atoms with Crippen molar-refractivity contribution in [3.8, 4) is 0 Å². The molecule has 0 heterocycles. The second-order valence-electron chi connectivity index (χ2n) is 3.14. The summed E-state index contributed by atoms with van der Waals surface area (Å²) in [5, 5.41) is 17.5. The summed E-state index contributed by atoms with van der Waals surface area (Å²) in [7, 11) is -2.60. The molecule has 0 fully saturated rings. The molecule has 0 radical (unpaired) electrons. The van der Waals surface area contributed by atoms with Crippen molar-refractivity contribution in [3.63, 3.8) is 0 Å². The fraction of sp³-hybridized carbons (Fsp3) is 1.00. The maximum absolute atomic E-state index is 11.7. The third kappa shape index (κ3) is 6.51. The summed E-state index contributed by atoms with van der Waals surface area (Å²) in [6, 6.07) is 0. The van der Waals surface area contributed by atoms with Crippen molar-refractivity contribution >= 4 is 7.37 Å². The van der Waals surface area contributed by atoms with Gasteiger partial charge in [-0.05, 0) is 6.92 Å². The molecule has 0 saturated heterocycles. The van der Waals surface area contributed by atoms with E-state index >= 15 is 0 Å². The molecule has 2 N–H and O–H groups in total. The summed E-state index contributed by atoms with van der Waals surface area (Å²) < 4.78 is 16.8. The summed E-state index contributed by atoms with van der Waals surface area (Å²) in [6.07, 6.45) is 0.280. The molecular weight excluding hydrogens is 205 g/mol. The van der Waals surface area contributed by atoms with E-state index in [4.69, 9.17) is 14.7 Å². The van der Waals surface area contributed by atoms with Gasteiger partial charge in [-0.1, -0.05) is 0 Å². The smallest absolute Gasteiger partial charge is 0.213 e. The van der Waals surface area contributed by atoms with Gasteiger partial charge in [0, 0.05) is 19.8 Å². The molecule has 0 aromatic rings. The lowest BCUT2D eigenvalue weighted by molar-refractivity contribution is 0.172. The first-order valence-corrected chi connectivity index (χ1v) is 6.96. The topological polar surface area (TPSA) is 70.0 Å². The minimum atomic E-state index is -2.60. The fourth-order valence-corrected chi connectivity index (χ4v) is 2.85. The molecule has 1 unspecified atom stereocenters. The van der Waals surface area contributed by atoms with Crippen LogP contribution in [0.5, 0.6) is 0 Å². The number of rotatable bonds is 8. The number of nitrogens with zero attached hydrogens (tertiary/aromatic N) is 1. The second-order valence-corrected chi connectivity index (χ2v) is 5.71. The van der Waals surface area contributed by atoms with Crippen LogP contribution in [0, 0.1) is 0 Å². The molecule has 86 valence electrons. The van der Waals surface area contributed by atoms with E-state index < -0.39 is 7.37 Å². The standard InChI is InChI=1S/C8H20NO4P/c1-3-13-14(2,12)8-9(4-6-10)5-7-11/h10-11H,3-8H2,1-2H3. The van der Waals surface area contributed by atoms with Gasteiger partial charge in [0.2, 0.25) is 7.37 Å². The van der Waals surface area contributed by atoms with Gasteiger partial charge in [0.1, 0.15) is 0 Å². The summed E-state index contributed by atoms with van der Waals surface area (Å²) in [4.78, 5) is 1.73. The molecule has 14 heavy (non-hydrogen) atoms. The van der Waals surface area contributed by atoms with E-state index in [-0.39, 0.29) is 19.5 Å². The molecule has 0 aliphatic heterocycles. The first kappa shape index (κ1) is 14.1. The Balaban J connectivity index is 4.05. The highest BCUT2D eigenvalue weighted by Gasteiger charge is 2.19. The van der Waals surface area contributed by atoms with E-state index in [9.17, 15) is 4.57 Å². The van der Waals surface area contributed by atoms with Crippen LogP contribution in [-0.4, -0.2) is 61.0 Å². The highest BCUT2D eigenvalue weighted by molar-refractivity contribution is 7.58. The van der Waals surface area contributed by atoms with Crippen molar-refractivity contribution in [3.05, 3.63) is 0 Å². The minimum absolute atomic E-state index is 0.00781. The van der Waals surface area contributed by atoms with Crippen molar-refractivity contribution < 1.29 is 19.3 Å². The van der Waals surface area contributed by atoms with Crippen molar-refractivity contribution in [2.45, 2.75) is 6.92 Å². The maximum atomic E-state index is 11.7. The summed E-state index contributed by atoms with van der Waals surface area (Å²) in [5.41, 5.74) is 0. The number of aliphatic hydroxyl groups is 2. The van der Waals surface area contributed by atoms with Crippen LogP contribution in [0.4, 0.5) is 0 Å². The zero-order valence-electron chi connectivity index (χ0n) is 8.85. The molecule has 0 aliphatic carbocycles. The van der Waals surface area contributed by atoms with Gasteiger partial charge in [0.25, 0.3) is 0 Å². The van der Waals surface area contributed by atoms with Crippen molar-refractivity contribution in [1.82, 2.24) is 4.90 Å². The largest absolute Gasteiger partial charge is 0.395 e. The quantitative estimate of drug-likeness (QED) is 0.576. The van der Waals surface area contributed by atoms with Crippen LogP contribution >= 0.6 is 7.37 Å². The van der Waals surface area contributed by atoms with Crippen molar-refractivity contribution in [2.75, 3.05) is 45.9 Å². The average molecular weight is 225 g/mol. The molecule has 0 aromatic carbocycles. The molecule has 0 aromatic heterocycles. The summed E-state index contributed by atoms with van der Waals surface area (Å²) in [5.74, 6) is 0. The molecule has 0 saturated carbocycles. The van der Waals surface area contributed by atoms with E-state index in [0.29, 0.717) is 19.7 Å². The molecule has 1 atom stereocenters. The minimum Gasteiger partial charge on any atom is -0.395 e. The molecule has 5 nitrogen and oxygen atoms in total. The van der Waals surface area contributed by atoms with Gasteiger partial charge in [0.15, 0.2) is 0 Å². The zero-order valence-corrected chi connectivity index (χ0v) is 9.74. The normalized spacial score (nSPS) is 15.8. The van der Waals surface area contributed by atoms with E-state index in [1.54, 1.807) is 18.5 Å². The number of hydrogen-bond donors (Lipinski definition) is 2. The van der Waals surface area contributed by atoms with E-state index in [2.05, 4.69) is 0 Å². The third-order valence-electron chi connectivity index (χ3n) is 1.69. The van der Waals surface area contributed by atoms with Crippen molar-refractivity contribution in [2.24, 2.45) is 0 Å². The number of aliphatic hydroxyl groups excluding tert-OH is 2. The van der Waals surface area contributed by atoms with Gasteiger partial charge in [-0.3, -0.25) is 9.46 Å². The lowest BCUT2D eigenvalue weighted by atomic mass is 10.5. The highest BCUT2D eigenvalue weighted by Crippen LogP contribution is 2.42. The fourth-order valence-electron chi connectivity index (χ4n) is 1.21. The van der Waals surface area contributed by atoms with Gasteiger partial charge < -0.3 is 14.7 Å². The first-order chi connectivity index (χ1) is 6.55. The van der Waals surface area contributed by atoms with Crippen LogP contribution in [0.15, 0.2) is 0 Å². The lowest BCUT2D eigenvalue weighted by Gasteiger charge is -2.23. The Morgan fingerprint density at radius 3 is 2.14 bits per heavy atom. The Kier molecular flexibility index (Phi) is 7.41. The van der Waals surface area contributed by atoms with Crippen LogP contribution in [0.25, 0.3) is 0 Å². The van der Waals surface area contributed by atoms with E-state index in [0.717, 1.165) is 0 Å². The molecule has 0 amide bonds. The predicted molar refractivity (Wildman–Crippen MR) is 55.8 cm³/mol. The van der Waals surface area contributed by atoms with Crippen LogP contribution in [0.2, 0.25) is 0 Å². The summed E-state index contributed by atoms with van der Waals surface area (Å²) >= 11 is 0. The lowest BCUT2D eigenvalue weighted by Crippen LogP contribution is -2.31. The molecule has 0 aliphatic rings. The molecule has 0 bridgehead atoms. The molecule has 0 spiro atoms. The monoisotopic (exact) mass is 225 g/mol. The van der Waals surface area contributed by atoms with Gasteiger partial charge >= 0.3 is 0 Å². The predicted octanol–water partition coefficient (Wildman–Crippen LogP) is 0.175. The van der Waals surface area contributed by atoms with Gasteiger partial charge in [0.05, 0.1) is 26.1 Å². The van der Waals surface area contributed by atoms with Crippen molar-refractivity contribution in [1.29, 1.82) is 0 Å². The Morgan fingerprint density at radius 2 is 1.79 bits per heavy atom. The highest BCUT2D eigenvalue weighted by atomic mass is 31.2.